The van der Waals surface area contributed by atoms with Gasteiger partial charge in [-0.2, -0.15) is 0 Å². The highest BCUT2D eigenvalue weighted by Gasteiger charge is 2.10. The second-order valence-electron chi connectivity index (χ2n) is 5.65. The number of rotatable bonds is 5. The van der Waals surface area contributed by atoms with Crippen LogP contribution in [0.5, 0.6) is 0 Å². The van der Waals surface area contributed by atoms with Crippen molar-refractivity contribution in [3.8, 4) is 10.6 Å². The molecule has 0 spiro atoms. The first kappa shape index (κ1) is 16.3. The number of hydrogen-bond acceptors (Lipinski definition) is 5. The lowest BCUT2D eigenvalue weighted by molar-refractivity contribution is 0.102. The molecule has 0 saturated heterocycles. The SMILES string of the molecule is CN(C)Cc1ccc(C(=O)Nc2cnc(-c3ccncc3)s2)cc1. The van der Waals surface area contributed by atoms with E-state index in [2.05, 4.69) is 20.2 Å². The van der Waals surface area contributed by atoms with E-state index in [1.807, 2.05) is 50.5 Å². The maximum Gasteiger partial charge on any atom is 0.256 e. The standard InChI is InChI=1S/C18H18N4OS/c1-22(2)12-13-3-5-14(6-4-13)17(23)21-16-11-20-18(24-16)15-7-9-19-10-8-15/h3-11H,12H2,1-2H3,(H,21,23). The Kier molecular flexibility index (Phi) is 4.98. The Morgan fingerprint density at radius 1 is 1.12 bits per heavy atom. The Morgan fingerprint density at radius 2 is 1.83 bits per heavy atom. The van der Waals surface area contributed by atoms with Crippen LogP contribution in [-0.2, 0) is 6.54 Å². The lowest BCUT2D eigenvalue weighted by atomic mass is 10.1. The Labute approximate surface area is 145 Å². The fourth-order valence-electron chi connectivity index (χ4n) is 2.27. The number of aromatic nitrogens is 2. The second kappa shape index (κ2) is 7.33. The molecular weight excluding hydrogens is 320 g/mol. The molecule has 0 unspecified atom stereocenters. The van der Waals surface area contributed by atoms with Crippen LogP contribution in [0, 0.1) is 0 Å². The van der Waals surface area contributed by atoms with Gasteiger partial charge in [0, 0.05) is 30.1 Å². The molecule has 2 aromatic heterocycles. The van der Waals surface area contributed by atoms with E-state index in [-0.39, 0.29) is 5.91 Å². The van der Waals surface area contributed by atoms with Gasteiger partial charge in [-0.15, -0.1) is 0 Å². The zero-order valence-electron chi connectivity index (χ0n) is 13.6. The number of benzene rings is 1. The van der Waals surface area contributed by atoms with Crippen LogP contribution in [0.2, 0.25) is 0 Å². The first-order valence-electron chi connectivity index (χ1n) is 7.53. The van der Waals surface area contributed by atoms with Crippen molar-refractivity contribution in [1.82, 2.24) is 14.9 Å². The summed E-state index contributed by atoms with van der Waals surface area (Å²) >= 11 is 1.44. The normalized spacial score (nSPS) is 10.8. The molecule has 0 aliphatic rings. The summed E-state index contributed by atoms with van der Waals surface area (Å²) in [5.41, 5.74) is 2.80. The van der Waals surface area contributed by atoms with Crippen LogP contribution in [-0.4, -0.2) is 34.9 Å². The van der Waals surface area contributed by atoms with Gasteiger partial charge in [-0.25, -0.2) is 4.98 Å². The highest BCUT2D eigenvalue weighted by atomic mass is 32.1. The van der Waals surface area contributed by atoms with E-state index < -0.39 is 0 Å². The van der Waals surface area contributed by atoms with E-state index in [0.717, 1.165) is 22.1 Å². The number of anilines is 1. The van der Waals surface area contributed by atoms with E-state index in [1.165, 1.54) is 16.9 Å². The van der Waals surface area contributed by atoms with E-state index in [1.54, 1.807) is 18.6 Å². The number of nitrogens with zero attached hydrogens (tertiary/aromatic N) is 3. The van der Waals surface area contributed by atoms with Crippen molar-refractivity contribution in [2.24, 2.45) is 0 Å². The highest BCUT2D eigenvalue weighted by molar-refractivity contribution is 7.19. The van der Waals surface area contributed by atoms with Gasteiger partial charge >= 0.3 is 0 Å². The third kappa shape index (κ3) is 4.04. The van der Waals surface area contributed by atoms with Crippen molar-refractivity contribution in [1.29, 1.82) is 0 Å². The van der Waals surface area contributed by atoms with Gasteiger partial charge < -0.3 is 10.2 Å². The summed E-state index contributed by atoms with van der Waals surface area (Å²) < 4.78 is 0. The molecule has 3 aromatic rings. The fraction of sp³-hybridized carbons (Fsp3) is 0.167. The van der Waals surface area contributed by atoms with E-state index in [0.29, 0.717) is 5.56 Å². The van der Waals surface area contributed by atoms with Gasteiger partial charge in [-0.3, -0.25) is 9.78 Å². The van der Waals surface area contributed by atoms with Crippen LogP contribution in [0.15, 0.2) is 55.0 Å². The Bertz CT molecular complexity index is 813. The van der Waals surface area contributed by atoms with Crippen molar-refractivity contribution in [3.05, 3.63) is 66.1 Å². The minimum absolute atomic E-state index is 0.128. The van der Waals surface area contributed by atoms with Crippen molar-refractivity contribution in [2.45, 2.75) is 6.54 Å². The summed E-state index contributed by atoms with van der Waals surface area (Å²) in [6.07, 6.45) is 5.13. The van der Waals surface area contributed by atoms with Crippen molar-refractivity contribution < 1.29 is 4.79 Å². The van der Waals surface area contributed by atoms with Crippen molar-refractivity contribution in [3.63, 3.8) is 0 Å². The van der Waals surface area contributed by atoms with E-state index in [4.69, 9.17) is 0 Å². The summed E-state index contributed by atoms with van der Waals surface area (Å²) in [6, 6.07) is 11.4. The number of pyridine rings is 1. The van der Waals surface area contributed by atoms with Crippen LogP contribution in [0.1, 0.15) is 15.9 Å². The number of nitrogens with one attached hydrogen (secondary N) is 1. The summed E-state index contributed by atoms with van der Waals surface area (Å²) in [4.78, 5) is 22.8. The molecule has 0 aliphatic carbocycles. The zero-order valence-corrected chi connectivity index (χ0v) is 14.4. The molecule has 24 heavy (non-hydrogen) atoms. The average molecular weight is 338 g/mol. The smallest absolute Gasteiger partial charge is 0.256 e. The lowest BCUT2D eigenvalue weighted by Gasteiger charge is -2.09. The molecule has 0 atom stereocenters. The predicted octanol–water partition coefficient (Wildman–Crippen LogP) is 3.52. The Morgan fingerprint density at radius 3 is 2.50 bits per heavy atom. The number of carbonyl (C=O) groups is 1. The Balaban J connectivity index is 1.68. The minimum atomic E-state index is -0.128. The lowest BCUT2D eigenvalue weighted by Crippen LogP contribution is -2.12. The quantitative estimate of drug-likeness (QED) is 0.773. The van der Waals surface area contributed by atoms with Crippen LogP contribution < -0.4 is 5.32 Å². The third-order valence-corrected chi connectivity index (χ3v) is 4.35. The molecule has 0 bridgehead atoms. The van der Waals surface area contributed by atoms with Gasteiger partial charge in [-0.1, -0.05) is 23.5 Å². The number of hydrogen-bond donors (Lipinski definition) is 1. The maximum absolute atomic E-state index is 12.3. The molecule has 2 heterocycles. The predicted molar refractivity (Wildman–Crippen MR) is 97.1 cm³/mol. The van der Waals surface area contributed by atoms with Crippen molar-refractivity contribution in [2.75, 3.05) is 19.4 Å². The van der Waals surface area contributed by atoms with Gasteiger partial charge in [0.25, 0.3) is 5.91 Å². The molecule has 6 heteroatoms. The zero-order chi connectivity index (χ0) is 16.9. The first-order chi connectivity index (χ1) is 11.6. The molecular formula is C18H18N4OS. The Hall–Kier alpha value is -2.57. The molecule has 0 radical (unpaired) electrons. The molecule has 122 valence electrons. The summed E-state index contributed by atoms with van der Waals surface area (Å²) in [5.74, 6) is -0.128. The monoisotopic (exact) mass is 338 g/mol. The number of carbonyl (C=O) groups excluding carboxylic acids is 1. The minimum Gasteiger partial charge on any atom is -0.312 e. The molecule has 0 aliphatic heterocycles. The molecule has 1 aromatic carbocycles. The highest BCUT2D eigenvalue weighted by Crippen LogP contribution is 2.28. The molecule has 5 nitrogen and oxygen atoms in total. The molecule has 0 saturated carbocycles. The van der Waals surface area contributed by atoms with Crippen LogP contribution in [0.3, 0.4) is 0 Å². The number of thiazole rings is 1. The number of amides is 1. The fourth-order valence-corrected chi connectivity index (χ4v) is 3.09. The average Bonchev–Trinajstić information content (AvgIpc) is 3.04. The van der Waals surface area contributed by atoms with Gasteiger partial charge in [0.15, 0.2) is 0 Å². The second-order valence-corrected chi connectivity index (χ2v) is 6.69. The molecule has 0 fully saturated rings. The van der Waals surface area contributed by atoms with E-state index >= 15 is 0 Å². The van der Waals surface area contributed by atoms with E-state index in [9.17, 15) is 4.79 Å². The largest absolute Gasteiger partial charge is 0.312 e. The molecule has 1 N–H and O–H groups in total. The summed E-state index contributed by atoms with van der Waals surface area (Å²) in [5, 5.41) is 4.48. The van der Waals surface area contributed by atoms with Gasteiger partial charge in [-0.05, 0) is 43.9 Å². The van der Waals surface area contributed by atoms with Crippen molar-refractivity contribution >= 4 is 22.2 Å². The van der Waals surface area contributed by atoms with Gasteiger partial charge in [0.05, 0.1) is 6.20 Å². The van der Waals surface area contributed by atoms with Crippen LogP contribution >= 0.6 is 11.3 Å². The summed E-state index contributed by atoms with van der Waals surface area (Å²) in [7, 11) is 4.04. The maximum atomic E-state index is 12.3. The molecule has 1 amide bonds. The van der Waals surface area contributed by atoms with Gasteiger partial charge in [0.2, 0.25) is 0 Å². The van der Waals surface area contributed by atoms with Crippen LogP contribution in [0.25, 0.3) is 10.6 Å². The first-order valence-corrected chi connectivity index (χ1v) is 8.35. The summed E-state index contributed by atoms with van der Waals surface area (Å²) in [6.45, 7) is 0.853. The third-order valence-electron chi connectivity index (χ3n) is 3.38. The van der Waals surface area contributed by atoms with Gasteiger partial charge in [0.1, 0.15) is 10.0 Å². The van der Waals surface area contributed by atoms with Crippen LogP contribution in [0.4, 0.5) is 5.00 Å². The molecule has 3 rings (SSSR count). The topological polar surface area (TPSA) is 58.1 Å².